The third-order valence-electron chi connectivity index (χ3n) is 3.88. The standard InChI is InChI=1S/C8H8FN3O3.C7H11F3/c1-11-6-3-5(9)4(8(10)13)2-7(6)12(14)15;8-7(9,10)6-4-2-1-3-5-6/h2-3,11H,1H3,(H2,10,13);6H,1-5H2. The highest BCUT2D eigenvalue weighted by atomic mass is 19.4. The lowest BCUT2D eigenvalue weighted by molar-refractivity contribution is -0.384. The average molecular weight is 365 g/mol. The third-order valence-corrected chi connectivity index (χ3v) is 3.88. The van der Waals surface area contributed by atoms with Crippen molar-refractivity contribution in [2.75, 3.05) is 12.4 Å². The summed E-state index contributed by atoms with van der Waals surface area (Å²) in [6.07, 6.45) is -0.742. The van der Waals surface area contributed by atoms with E-state index in [2.05, 4.69) is 5.32 Å². The van der Waals surface area contributed by atoms with Crippen LogP contribution in [0.3, 0.4) is 0 Å². The van der Waals surface area contributed by atoms with E-state index in [0.29, 0.717) is 12.8 Å². The van der Waals surface area contributed by atoms with Gasteiger partial charge in [-0.3, -0.25) is 14.9 Å². The van der Waals surface area contributed by atoms with Crippen LogP contribution in [0.1, 0.15) is 42.5 Å². The molecular formula is C15H19F4N3O3. The second kappa shape index (κ2) is 8.63. The van der Waals surface area contributed by atoms with Crippen LogP contribution in [0.25, 0.3) is 0 Å². The fourth-order valence-electron chi connectivity index (χ4n) is 2.53. The van der Waals surface area contributed by atoms with Crippen LogP contribution >= 0.6 is 0 Å². The number of carbonyl (C=O) groups excluding carboxylic acids is 1. The number of hydrogen-bond donors (Lipinski definition) is 2. The molecule has 0 radical (unpaired) electrons. The maximum absolute atomic E-state index is 13.2. The van der Waals surface area contributed by atoms with Gasteiger partial charge in [-0.25, -0.2) is 4.39 Å². The summed E-state index contributed by atoms with van der Waals surface area (Å²) in [4.78, 5) is 20.6. The van der Waals surface area contributed by atoms with Crippen molar-refractivity contribution >= 4 is 17.3 Å². The van der Waals surface area contributed by atoms with E-state index in [1.54, 1.807) is 0 Å². The van der Waals surface area contributed by atoms with E-state index in [4.69, 9.17) is 5.73 Å². The Labute approximate surface area is 141 Å². The van der Waals surface area contributed by atoms with E-state index in [9.17, 15) is 32.5 Å². The molecule has 2 rings (SSSR count). The van der Waals surface area contributed by atoms with E-state index in [1.165, 1.54) is 7.05 Å². The Morgan fingerprint density at radius 2 is 1.84 bits per heavy atom. The largest absolute Gasteiger partial charge is 0.391 e. The second-order valence-corrected chi connectivity index (χ2v) is 5.60. The van der Waals surface area contributed by atoms with Gasteiger partial charge in [0.2, 0.25) is 0 Å². The van der Waals surface area contributed by atoms with E-state index in [0.717, 1.165) is 31.4 Å². The minimum Gasteiger partial charge on any atom is -0.382 e. The minimum absolute atomic E-state index is 0.0116. The van der Waals surface area contributed by atoms with Crippen LogP contribution in [-0.4, -0.2) is 24.1 Å². The highest BCUT2D eigenvalue weighted by molar-refractivity contribution is 5.94. The first-order valence-electron chi connectivity index (χ1n) is 7.60. The zero-order valence-electron chi connectivity index (χ0n) is 13.5. The molecule has 25 heavy (non-hydrogen) atoms. The molecular weight excluding hydrogens is 346 g/mol. The maximum atomic E-state index is 13.2. The number of anilines is 1. The summed E-state index contributed by atoms with van der Waals surface area (Å²) in [5, 5.41) is 13.0. The molecule has 0 aliphatic heterocycles. The molecule has 140 valence electrons. The summed E-state index contributed by atoms with van der Waals surface area (Å²) in [5.41, 5.74) is 3.95. The van der Waals surface area contributed by atoms with Crippen molar-refractivity contribution in [3.63, 3.8) is 0 Å². The van der Waals surface area contributed by atoms with E-state index in [1.807, 2.05) is 0 Å². The Hall–Kier alpha value is -2.39. The highest BCUT2D eigenvalue weighted by Gasteiger charge is 2.39. The van der Waals surface area contributed by atoms with Gasteiger partial charge >= 0.3 is 6.18 Å². The Morgan fingerprint density at radius 3 is 2.20 bits per heavy atom. The number of nitro benzene ring substituents is 1. The molecule has 1 aromatic rings. The number of halogens is 4. The lowest BCUT2D eigenvalue weighted by atomic mass is 9.89. The minimum atomic E-state index is -3.93. The summed E-state index contributed by atoms with van der Waals surface area (Å²) in [7, 11) is 1.41. The smallest absolute Gasteiger partial charge is 0.382 e. The summed E-state index contributed by atoms with van der Waals surface area (Å²) in [5.74, 6) is -2.93. The van der Waals surface area contributed by atoms with Crippen molar-refractivity contribution in [3.05, 3.63) is 33.6 Å². The number of benzene rings is 1. The molecule has 1 aromatic carbocycles. The van der Waals surface area contributed by atoms with Crippen molar-refractivity contribution in [2.45, 2.75) is 38.3 Å². The number of carbonyl (C=O) groups is 1. The summed E-state index contributed by atoms with van der Waals surface area (Å²) in [6, 6.07) is 1.67. The Kier molecular flexibility index (Phi) is 7.13. The van der Waals surface area contributed by atoms with Crippen LogP contribution in [0, 0.1) is 21.8 Å². The molecule has 1 saturated carbocycles. The van der Waals surface area contributed by atoms with Gasteiger partial charge in [0.05, 0.1) is 16.4 Å². The number of rotatable bonds is 3. The molecule has 1 aliphatic rings. The molecule has 0 unspecified atom stereocenters. The first-order chi connectivity index (χ1) is 11.6. The third kappa shape index (κ3) is 5.87. The topological polar surface area (TPSA) is 98.3 Å². The van der Waals surface area contributed by atoms with E-state index >= 15 is 0 Å². The number of nitrogens with one attached hydrogen (secondary N) is 1. The number of nitrogens with two attached hydrogens (primary N) is 1. The second-order valence-electron chi connectivity index (χ2n) is 5.60. The number of alkyl halides is 3. The molecule has 1 fully saturated rings. The molecule has 1 amide bonds. The average Bonchev–Trinajstić information content (AvgIpc) is 2.54. The van der Waals surface area contributed by atoms with E-state index < -0.39 is 40.0 Å². The predicted molar refractivity (Wildman–Crippen MR) is 83.7 cm³/mol. The Bertz CT molecular complexity index is 629. The monoisotopic (exact) mass is 365 g/mol. The molecule has 10 heteroatoms. The Morgan fingerprint density at radius 1 is 1.28 bits per heavy atom. The number of nitro groups is 1. The van der Waals surface area contributed by atoms with Crippen LogP contribution in [0.2, 0.25) is 0 Å². The molecule has 0 saturated heterocycles. The number of nitrogens with zero attached hydrogens (tertiary/aromatic N) is 1. The molecule has 3 N–H and O–H groups in total. The SMILES string of the molecule is CNc1cc(F)c(C(N)=O)cc1[N+](=O)[O-].FC(F)(F)C1CCCCC1. The first kappa shape index (κ1) is 20.7. The molecule has 0 atom stereocenters. The van der Waals surface area contributed by atoms with Crippen LogP contribution < -0.4 is 11.1 Å². The summed E-state index contributed by atoms with van der Waals surface area (Å²) >= 11 is 0. The molecule has 0 aromatic heterocycles. The fourth-order valence-corrected chi connectivity index (χ4v) is 2.53. The summed E-state index contributed by atoms with van der Waals surface area (Å²) < 4.78 is 49.0. The van der Waals surface area contributed by atoms with Crippen molar-refractivity contribution in [2.24, 2.45) is 11.7 Å². The van der Waals surface area contributed by atoms with Crippen molar-refractivity contribution in [1.82, 2.24) is 0 Å². The van der Waals surface area contributed by atoms with Gasteiger partial charge < -0.3 is 11.1 Å². The highest BCUT2D eigenvalue weighted by Crippen LogP contribution is 2.37. The van der Waals surface area contributed by atoms with Gasteiger partial charge in [-0.2, -0.15) is 13.2 Å². The van der Waals surface area contributed by atoms with Crippen molar-refractivity contribution < 1.29 is 27.3 Å². The van der Waals surface area contributed by atoms with Gasteiger partial charge in [0, 0.05) is 19.2 Å². The number of primary amides is 1. The quantitative estimate of drug-likeness (QED) is 0.480. The first-order valence-corrected chi connectivity index (χ1v) is 7.60. The number of amides is 1. The maximum Gasteiger partial charge on any atom is 0.391 e. The molecule has 0 spiro atoms. The van der Waals surface area contributed by atoms with Crippen molar-refractivity contribution in [1.29, 1.82) is 0 Å². The van der Waals surface area contributed by atoms with Gasteiger partial charge in [0.15, 0.2) is 0 Å². The van der Waals surface area contributed by atoms with Crippen LogP contribution in [0.4, 0.5) is 28.9 Å². The Balaban J connectivity index is 0.000000271. The lowest BCUT2D eigenvalue weighted by Gasteiger charge is -2.23. The van der Waals surface area contributed by atoms with Gasteiger partial charge in [0.25, 0.3) is 11.6 Å². The summed E-state index contributed by atoms with van der Waals surface area (Å²) in [6.45, 7) is 0. The van der Waals surface area contributed by atoms with E-state index in [-0.39, 0.29) is 5.69 Å². The van der Waals surface area contributed by atoms with Gasteiger partial charge in [0.1, 0.15) is 11.5 Å². The van der Waals surface area contributed by atoms with Gasteiger partial charge in [-0.05, 0) is 12.8 Å². The molecule has 6 nitrogen and oxygen atoms in total. The van der Waals surface area contributed by atoms with Crippen LogP contribution in [-0.2, 0) is 0 Å². The van der Waals surface area contributed by atoms with Crippen LogP contribution in [0.5, 0.6) is 0 Å². The molecule has 0 heterocycles. The van der Waals surface area contributed by atoms with Gasteiger partial charge in [-0.1, -0.05) is 19.3 Å². The van der Waals surface area contributed by atoms with Crippen LogP contribution in [0.15, 0.2) is 12.1 Å². The zero-order valence-corrected chi connectivity index (χ0v) is 13.5. The zero-order chi connectivity index (χ0) is 19.2. The predicted octanol–water partition coefficient (Wildman–Crippen LogP) is 4.00. The fraction of sp³-hybridized carbons (Fsp3) is 0.533. The molecule has 0 bridgehead atoms. The molecule has 1 aliphatic carbocycles. The van der Waals surface area contributed by atoms with Gasteiger partial charge in [-0.15, -0.1) is 0 Å². The lowest BCUT2D eigenvalue weighted by Crippen LogP contribution is -2.24. The number of hydrogen-bond acceptors (Lipinski definition) is 4. The van der Waals surface area contributed by atoms with Crippen molar-refractivity contribution in [3.8, 4) is 0 Å². The normalized spacial score (nSPS) is 15.1.